The zero-order valence-electron chi connectivity index (χ0n) is 19.4. The van der Waals surface area contributed by atoms with Crippen LogP contribution in [0.3, 0.4) is 0 Å². The van der Waals surface area contributed by atoms with E-state index in [1.807, 2.05) is 0 Å². The number of ether oxygens (including phenoxy) is 3. The van der Waals surface area contributed by atoms with E-state index in [9.17, 15) is 50.1 Å². The molecule has 2 aromatic carbocycles. The van der Waals surface area contributed by atoms with Gasteiger partial charge in [-0.1, -0.05) is 0 Å². The van der Waals surface area contributed by atoms with Crippen molar-refractivity contribution >= 4 is 22.9 Å². The SMILES string of the molecule is C[C@@H](OC(=O)[C@H]1O[C@@H](O)[C@H](O)[C@@H](O)[C@@H]1O)C(=O)Oc1cc(O)c2c(=O)cc(-c3ccc(O)c(O)c3)oc2c1. The Balaban J connectivity index is 1.53. The molecular formula is C24H22O14. The van der Waals surface area contributed by atoms with E-state index in [2.05, 4.69) is 0 Å². The lowest BCUT2D eigenvalue weighted by Gasteiger charge is -2.37. The van der Waals surface area contributed by atoms with E-state index in [0.717, 1.165) is 31.2 Å². The molecular weight excluding hydrogens is 512 g/mol. The lowest BCUT2D eigenvalue weighted by atomic mass is 9.99. The van der Waals surface area contributed by atoms with Crippen LogP contribution >= 0.6 is 0 Å². The highest BCUT2D eigenvalue weighted by Crippen LogP contribution is 2.34. The number of aliphatic hydroxyl groups is 4. The van der Waals surface area contributed by atoms with E-state index in [1.165, 1.54) is 12.1 Å². The minimum atomic E-state index is -2.00. The Morgan fingerprint density at radius 3 is 2.29 bits per heavy atom. The fourth-order valence-electron chi connectivity index (χ4n) is 3.67. The first-order valence-electron chi connectivity index (χ1n) is 11.0. The lowest BCUT2D eigenvalue weighted by Crippen LogP contribution is -2.60. The summed E-state index contributed by atoms with van der Waals surface area (Å²) in [6.07, 6.45) is -11.3. The first-order valence-corrected chi connectivity index (χ1v) is 11.0. The van der Waals surface area contributed by atoms with Crippen molar-refractivity contribution in [2.75, 3.05) is 0 Å². The van der Waals surface area contributed by atoms with Gasteiger partial charge in [-0.25, -0.2) is 9.59 Å². The van der Waals surface area contributed by atoms with Crippen LogP contribution < -0.4 is 10.2 Å². The van der Waals surface area contributed by atoms with Crippen LogP contribution in [0.25, 0.3) is 22.3 Å². The third-order valence-corrected chi connectivity index (χ3v) is 5.71. The van der Waals surface area contributed by atoms with Gasteiger partial charge < -0.3 is 54.4 Å². The first-order chi connectivity index (χ1) is 17.9. The molecule has 1 aliphatic heterocycles. The van der Waals surface area contributed by atoms with Crippen LogP contribution in [0.2, 0.25) is 0 Å². The Kier molecular flexibility index (Phi) is 7.26. The van der Waals surface area contributed by atoms with Gasteiger partial charge in [0.2, 0.25) is 0 Å². The number of aliphatic hydroxyl groups excluding tert-OH is 4. The van der Waals surface area contributed by atoms with Gasteiger partial charge in [0.15, 0.2) is 35.4 Å². The molecule has 1 aromatic heterocycles. The second-order valence-electron chi connectivity index (χ2n) is 8.41. The monoisotopic (exact) mass is 534 g/mol. The molecule has 4 rings (SSSR count). The number of esters is 2. The normalized spacial score (nSPS) is 24.1. The van der Waals surface area contributed by atoms with Crippen LogP contribution in [0.4, 0.5) is 0 Å². The summed E-state index contributed by atoms with van der Waals surface area (Å²) in [5.41, 5.74) is -0.642. The van der Waals surface area contributed by atoms with Crippen LogP contribution in [0.15, 0.2) is 45.6 Å². The van der Waals surface area contributed by atoms with Crippen LogP contribution in [-0.4, -0.2) is 84.5 Å². The maximum Gasteiger partial charge on any atom is 0.352 e. The van der Waals surface area contributed by atoms with Crippen molar-refractivity contribution < 1.29 is 64.0 Å². The predicted octanol–water partition coefficient (Wildman–Crippen LogP) is -0.786. The van der Waals surface area contributed by atoms with E-state index in [-0.39, 0.29) is 28.0 Å². The smallest absolute Gasteiger partial charge is 0.352 e. The highest BCUT2D eigenvalue weighted by Gasteiger charge is 2.47. The lowest BCUT2D eigenvalue weighted by molar-refractivity contribution is -0.281. The molecule has 38 heavy (non-hydrogen) atoms. The maximum absolute atomic E-state index is 12.6. The van der Waals surface area contributed by atoms with Crippen molar-refractivity contribution in [2.24, 2.45) is 0 Å². The number of hydrogen-bond donors (Lipinski definition) is 7. The Bertz CT molecular complexity index is 1450. The molecule has 202 valence electrons. The third-order valence-electron chi connectivity index (χ3n) is 5.71. The summed E-state index contributed by atoms with van der Waals surface area (Å²) in [4.78, 5) is 37.4. The Morgan fingerprint density at radius 2 is 1.61 bits per heavy atom. The molecule has 0 amide bonds. The van der Waals surface area contributed by atoms with E-state index in [0.29, 0.717) is 0 Å². The zero-order valence-corrected chi connectivity index (χ0v) is 19.4. The van der Waals surface area contributed by atoms with Crippen LogP contribution in [0.1, 0.15) is 6.92 Å². The van der Waals surface area contributed by atoms with Crippen LogP contribution in [-0.2, 0) is 19.1 Å². The molecule has 0 unspecified atom stereocenters. The minimum Gasteiger partial charge on any atom is -0.507 e. The van der Waals surface area contributed by atoms with Crippen molar-refractivity contribution in [1.82, 2.24) is 0 Å². The molecule has 14 heteroatoms. The number of carbonyl (C=O) groups is 2. The van der Waals surface area contributed by atoms with Gasteiger partial charge in [0.25, 0.3) is 0 Å². The summed E-state index contributed by atoms with van der Waals surface area (Å²) >= 11 is 0. The Labute approximate surface area is 212 Å². The largest absolute Gasteiger partial charge is 0.507 e. The second-order valence-corrected chi connectivity index (χ2v) is 8.41. The molecule has 1 aliphatic rings. The number of aromatic hydroxyl groups is 3. The molecule has 2 heterocycles. The molecule has 14 nitrogen and oxygen atoms in total. The van der Waals surface area contributed by atoms with Gasteiger partial charge in [-0.2, -0.15) is 0 Å². The fourth-order valence-corrected chi connectivity index (χ4v) is 3.67. The van der Waals surface area contributed by atoms with Crippen LogP contribution in [0, 0.1) is 0 Å². The number of carbonyl (C=O) groups excluding carboxylic acids is 2. The topological polar surface area (TPSA) is 234 Å². The summed E-state index contributed by atoms with van der Waals surface area (Å²) in [6.45, 7) is 1.10. The average molecular weight is 534 g/mol. The molecule has 1 fully saturated rings. The van der Waals surface area contributed by atoms with Gasteiger partial charge in [0.1, 0.15) is 46.5 Å². The first kappa shape index (κ1) is 26.8. The fraction of sp³-hybridized carbons (Fsp3) is 0.292. The predicted molar refractivity (Wildman–Crippen MR) is 123 cm³/mol. The van der Waals surface area contributed by atoms with E-state index in [1.54, 1.807) is 0 Å². The highest BCUT2D eigenvalue weighted by atomic mass is 16.7. The standard InChI is InChI=1S/C24H22O14/c1-8(35-24(34)21-19(30)18(29)20(31)23(33)38-21)22(32)36-10-5-13(27)17-14(28)7-15(37-16(17)6-10)9-2-3-11(25)12(26)4-9/h2-8,18-21,23,25-27,29-31,33H,1H3/t8-,18+,19+,20-,21+,23-/m1/s1. The van der Waals surface area contributed by atoms with Crippen molar-refractivity contribution in [2.45, 2.75) is 43.7 Å². The summed E-state index contributed by atoms with van der Waals surface area (Å²) in [5, 5.41) is 68.0. The number of phenols is 3. The van der Waals surface area contributed by atoms with Gasteiger partial charge in [-0.3, -0.25) is 4.79 Å². The van der Waals surface area contributed by atoms with Crippen molar-refractivity contribution in [3.05, 3.63) is 46.6 Å². The minimum absolute atomic E-state index is 0.0384. The number of hydrogen-bond acceptors (Lipinski definition) is 14. The number of rotatable bonds is 5. The maximum atomic E-state index is 12.6. The van der Waals surface area contributed by atoms with Gasteiger partial charge in [-0.15, -0.1) is 0 Å². The molecule has 0 aliphatic carbocycles. The van der Waals surface area contributed by atoms with E-state index < -0.39 is 71.4 Å². The third kappa shape index (κ3) is 5.11. The average Bonchev–Trinajstić information content (AvgIpc) is 2.85. The molecule has 7 N–H and O–H groups in total. The van der Waals surface area contributed by atoms with Crippen LogP contribution in [0.5, 0.6) is 23.0 Å². The Morgan fingerprint density at radius 1 is 0.895 bits per heavy atom. The van der Waals surface area contributed by atoms with E-state index in [4.69, 9.17) is 18.6 Å². The molecule has 0 spiro atoms. The van der Waals surface area contributed by atoms with Crippen molar-refractivity contribution in [3.8, 4) is 34.3 Å². The van der Waals surface area contributed by atoms with Gasteiger partial charge in [-0.05, 0) is 25.1 Å². The molecule has 0 saturated carbocycles. The number of fused-ring (bicyclic) bond motifs is 1. The molecule has 0 bridgehead atoms. The molecule has 3 aromatic rings. The molecule has 1 saturated heterocycles. The van der Waals surface area contributed by atoms with Gasteiger partial charge in [0.05, 0.1) is 0 Å². The number of phenolic OH excluding ortho intramolecular Hbond substituents is 3. The van der Waals surface area contributed by atoms with Crippen molar-refractivity contribution in [1.29, 1.82) is 0 Å². The molecule has 0 radical (unpaired) electrons. The van der Waals surface area contributed by atoms with Gasteiger partial charge >= 0.3 is 11.9 Å². The second kappa shape index (κ2) is 10.3. The number of benzene rings is 2. The summed E-state index contributed by atoms with van der Waals surface area (Å²) < 4.78 is 20.4. The highest BCUT2D eigenvalue weighted by molar-refractivity contribution is 5.88. The summed E-state index contributed by atoms with van der Waals surface area (Å²) in [6, 6.07) is 6.79. The van der Waals surface area contributed by atoms with E-state index >= 15 is 0 Å². The summed E-state index contributed by atoms with van der Waals surface area (Å²) in [7, 11) is 0. The molecule has 6 atom stereocenters. The van der Waals surface area contributed by atoms with Gasteiger partial charge in [0, 0.05) is 23.8 Å². The van der Waals surface area contributed by atoms with Crippen molar-refractivity contribution in [3.63, 3.8) is 0 Å². The Hall–Kier alpha value is -4.21. The quantitative estimate of drug-likeness (QED) is 0.121. The summed E-state index contributed by atoms with van der Waals surface area (Å²) in [5.74, 6) is -4.31. The zero-order chi connectivity index (χ0) is 27.9.